The first-order chi connectivity index (χ1) is 11.8. The summed E-state index contributed by atoms with van der Waals surface area (Å²) in [7, 11) is -3.24. The summed E-state index contributed by atoms with van der Waals surface area (Å²) in [6.45, 7) is 4.38. The summed E-state index contributed by atoms with van der Waals surface area (Å²) in [6, 6.07) is 5.53. The molecule has 1 amide bonds. The van der Waals surface area contributed by atoms with E-state index in [2.05, 4.69) is 4.72 Å². The van der Waals surface area contributed by atoms with Crippen molar-refractivity contribution in [2.75, 3.05) is 18.8 Å². The maximum atomic E-state index is 13.2. The Bertz CT molecular complexity index is 688. The summed E-state index contributed by atoms with van der Waals surface area (Å²) in [5.74, 6) is -0.176. The van der Waals surface area contributed by atoms with Gasteiger partial charge in [-0.25, -0.2) is 17.5 Å². The van der Waals surface area contributed by atoms with Gasteiger partial charge in [-0.1, -0.05) is 13.0 Å². The summed E-state index contributed by atoms with van der Waals surface area (Å²) in [5.41, 5.74) is 0. The van der Waals surface area contributed by atoms with Gasteiger partial charge < -0.3 is 9.64 Å². The normalized spacial score (nSPS) is 17.3. The fourth-order valence-corrected chi connectivity index (χ4v) is 4.25. The van der Waals surface area contributed by atoms with Gasteiger partial charge in [-0.15, -0.1) is 0 Å². The van der Waals surface area contributed by atoms with Crippen LogP contribution in [0.3, 0.4) is 0 Å². The molecule has 0 aliphatic carbocycles. The van der Waals surface area contributed by atoms with Gasteiger partial charge in [-0.2, -0.15) is 0 Å². The van der Waals surface area contributed by atoms with Crippen molar-refractivity contribution in [2.45, 2.75) is 45.3 Å². The lowest BCUT2D eigenvalue weighted by Crippen LogP contribution is -2.49. The molecule has 8 heteroatoms. The molecule has 0 saturated carbocycles. The maximum absolute atomic E-state index is 13.2. The van der Waals surface area contributed by atoms with Crippen LogP contribution in [0.1, 0.15) is 33.1 Å². The predicted octanol–water partition coefficient (Wildman–Crippen LogP) is 1.91. The molecule has 0 aromatic heterocycles. The highest BCUT2D eigenvalue weighted by atomic mass is 32.2. The number of ether oxygens (including phenoxy) is 1. The number of hydrogen-bond acceptors (Lipinski definition) is 4. The van der Waals surface area contributed by atoms with Gasteiger partial charge in [0.2, 0.25) is 10.0 Å². The lowest BCUT2D eigenvalue weighted by molar-refractivity contribution is -0.139. The number of nitrogens with one attached hydrogen (secondary N) is 1. The average molecular weight is 372 g/mol. The molecule has 1 fully saturated rings. The summed E-state index contributed by atoms with van der Waals surface area (Å²) in [6.07, 6.45) is 0.986. The van der Waals surface area contributed by atoms with Crippen molar-refractivity contribution in [3.63, 3.8) is 0 Å². The molecule has 1 aliphatic heterocycles. The van der Waals surface area contributed by atoms with Crippen LogP contribution in [0, 0.1) is 5.82 Å². The Morgan fingerprint density at radius 1 is 1.40 bits per heavy atom. The molecule has 6 nitrogen and oxygen atoms in total. The number of piperidine rings is 1. The van der Waals surface area contributed by atoms with Crippen LogP contribution in [0.4, 0.5) is 4.39 Å². The number of amides is 1. The highest BCUT2D eigenvalue weighted by Gasteiger charge is 2.28. The predicted molar refractivity (Wildman–Crippen MR) is 93.3 cm³/mol. The van der Waals surface area contributed by atoms with E-state index in [1.165, 1.54) is 18.2 Å². The number of likely N-dealkylation sites (tertiary alicyclic amines) is 1. The van der Waals surface area contributed by atoms with Crippen LogP contribution in [0.15, 0.2) is 24.3 Å². The Kier molecular flexibility index (Phi) is 6.78. The van der Waals surface area contributed by atoms with Crippen LogP contribution in [0.5, 0.6) is 5.75 Å². The zero-order valence-electron chi connectivity index (χ0n) is 14.6. The number of rotatable bonds is 7. The Morgan fingerprint density at radius 2 is 2.08 bits per heavy atom. The highest BCUT2D eigenvalue weighted by Crippen LogP contribution is 2.17. The summed E-state index contributed by atoms with van der Waals surface area (Å²) in [5, 5.41) is 0. The monoisotopic (exact) mass is 372 g/mol. The second kappa shape index (κ2) is 8.62. The van der Waals surface area contributed by atoms with Crippen molar-refractivity contribution in [3.8, 4) is 5.75 Å². The third-order valence-corrected chi connectivity index (χ3v) is 5.72. The number of hydrogen-bond donors (Lipinski definition) is 1. The standard InChI is InChI=1S/C17H25FN2O4S/c1-3-11-25(22,23)19-15-7-9-20(10-8-15)17(21)13(2)24-16-6-4-5-14(18)12-16/h4-6,12-13,15,19H,3,7-11H2,1-2H3. The largest absolute Gasteiger partial charge is 0.481 e. The Morgan fingerprint density at radius 3 is 2.68 bits per heavy atom. The minimum Gasteiger partial charge on any atom is -0.481 e. The molecule has 1 atom stereocenters. The molecule has 1 saturated heterocycles. The van der Waals surface area contributed by atoms with E-state index in [4.69, 9.17) is 4.74 Å². The van der Waals surface area contributed by atoms with Gasteiger partial charge in [-0.05, 0) is 38.3 Å². The number of nitrogens with zero attached hydrogens (tertiary/aromatic N) is 1. The van der Waals surface area contributed by atoms with Gasteiger partial charge in [0.15, 0.2) is 6.10 Å². The lowest BCUT2D eigenvalue weighted by atomic mass is 10.1. The molecule has 2 rings (SSSR count). The van der Waals surface area contributed by atoms with E-state index in [1.807, 2.05) is 6.92 Å². The lowest BCUT2D eigenvalue weighted by Gasteiger charge is -2.33. The molecule has 0 bridgehead atoms. The average Bonchev–Trinajstić information content (AvgIpc) is 2.54. The van der Waals surface area contributed by atoms with Crippen molar-refractivity contribution in [2.24, 2.45) is 0 Å². The molecule has 0 spiro atoms. The molecule has 0 radical (unpaired) electrons. The third-order valence-electron chi connectivity index (χ3n) is 4.08. The van der Waals surface area contributed by atoms with Crippen LogP contribution in [0.25, 0.3) is 0 Å². The zero-order valence-corrected chi connectivity index (χ0v) is 15.4. The smallest absolute Gasteiger partial charge is 0.263 e. The van der Waals surface area contributed by atoms with Gasteiger partial charge in [-0.3, -0.25) is 4.79 Å². The summed E-state index contributed by atoms with van der Waals surface area (Å²) < 4.78 is 45.0. The molecule has 25 heavy (non-hydrogen) atoms. The summed E-state index contributed by atoms with van der Waals surface area (Å²) in [4.78, 5) is 14.1. The Balaban J connectivity index is 1.84. The first kappa shape index (κ1) is 19.7. The molecular formula is C17H25FN2O4S. The quantitative estimate of drug-likeness (QED) is 0.793. The number of benzene rings is 1. The van der Waals surface area contributed by atoms with Crippen molar-refractivity contribution in [1.29, 1.82) is 0 Å². The minimum atomic E-state index is -3.24. The van der Waals surface area contributed by atoms with Crippen LogP contribution in [-0.2, 0) is 14.8 Å². The minimum absolute atomic E-state index is 0.116. The second-order valence-corrected chi connectivity index (χ2v) is 8.13. The fourth-order valence-electron chi connectivity index (χ4n) is 2.85. The molecule has 1 aromatic carbocycles. The number of carbonyl (C=O) groups is 1. The van der Waals surface area contributed by atoms with Crippen LogP contribution >= 0.6 is 0 Å². The van der Waals surface area contributed by atoms with E-state index in [1.54, 1.807) is 17.9 Å². The molecule has 1 heterocycles. The van der Waals surface area contributed by atoms with E-state index in [0.29, 0.717) is 38.1 Å². The van der Waals surface area contributed by atoms with Gasteiger partial charge in [0.25, 0.3) is 5.91 Å². The third kappa shape index (κ3) is 5.97. The van der Waals surface area contributed by atoms with Crippen LogP contribution < -0.4 is 9.46 Å². The fraction of sp³-hybridized carbons (Fsp3) is 0.588. The van der Waals surface area contributed by atoms with E-state index in [9.17, 15) is 17.6 Å². The van der Waals surface area contributed by atoms with E-state index >= 15 is 0 Å². The zero-order chi connectivity index (χ0) is 18.4. The highest BCUT2D eigenvalue weighted by molar-refractivity contribution is 7.89. The Hall–Kier alpha value is -1.67. The number of sulfonamides is 1. The van der Waals surface area contributed by atoms with Gasteiger partial charge in [0, 0.05) is 25.2 Å². The number of carbonyl (C=O) groups excluding carboxylic acids is 1. The molecule has 140 valence electrons. The van der Waals surface area contributed by atoms with Gasteiger partial charge in [0.1, 0.15) is 11.6 Å². The van der Waals surface area contributed by atoms with Crippen molar-refractivity contribution in [1.82, 2.24) is 9.62 Å². The summed E-state index contributed by atoms with van der Waals surface area (Å²) >= 11 is 0. The van der Waals surface area contributed by atoms with Crippen molar-refractivity contribution < 1.29 is 22.3 Å². The second-order valence-electron chi connectivity index (χ2n) is 6.25. The number of halogens is 1. The first-order valence-corrected chi connectivity index (χ1v) is 10.2. The van der Waals surface area contributed by atoms with Crippen LogP contribution in [0.2, 0.25) is 0 Å². The van der Waals surface area contributed by atoms with Crippen molar-refractivity contribution >= 4 is 15.9 Å². The van der Waals surface area contributed by atoms with Gasteiger partial charge >= 0.3 is 0 Å². The van der Waals surface area contributed by atoms with E-state index in [-0.39, 0.29) is 17.7 Å². The van der Waals surface area contributed by atoms with Crippen molar-refractivity contribution in [3.05, 3.63) is 30.1 Å². The molecular weight excluding hydrogens is 347 g/mol. The van der Waals surface area contributed by atoms with E-state index in [0.717, 1.165) is 0 Å². The first-order valence-electron chi connectivity index (χ1n) is 8.51. The molecule has 1 aromatic rings. The molecule has 1 N–H and O–H groups in total. The topological polar surface area (TPSA) is 75.7 Å². The van der Waals surface area contributed by atoms with Crippen LogP contribution in [-0.4, -0.2) is 50.2 Å². The SMILES string of the molecule is CCCS(=O)(=O)NC1CCN(C(=O)C(C)Oc2cccc(F)c2)CC1. The molecule has 1 unspecified atom stereocenters. The van der Waals surface area contributed by atoms with Gasteiger partial charge in [0.05, 0.1) is 5.75 Å². The van der Waals surface area contributed by atoms with E-state index < -0.39 is 21.9 Å². The molecule has 1 aliphatic rings. The Labute approximate surface area is 148 Å². The maximum Gasteiger partial charge on any atom is 0.263 e.